The van der Waals surface area contributed by atoms with Crippen LogP contribution >= 0.6 is 0 Å². The van der Waals surface area contributed by atoms with Crippen LogP contribution in [0.5, 0.6) is 0 Å². The van der Waals surface area contributed by atoms with Crippen molar-refractivity contribution in [3.8, 4) is 16.9 Å². The fourth-order valence-corrected chi connectivity index (χ4v) is 2.76. The molecule has 0 bridgehead atoms. The van der Waals surface area contributed by atoms with E-state index in [-0.39, 0.29) is 0 Å². The molecule has 2 aromatic carbocycles. The van der Waals surface area contributed by atoms with Gasteiger partial charge in [0.2, 0.25) is 0 Å². The molecular formula is C18H12N6. The van der Waals surface area contributed by atoms with Crippen molar-refractivity contribution < 1.29 is 0 Å². The van der Waals surface area contributed by atoms with Crippen LogP contribution in [0.4, 0.5) is 0 Å². The average Bonchev–Trinajstić information content (AvgIpc) is 3.30. The Bertz CT molecular complexity index is 1170. The SMILES string of the molecule is c1ccc2nc(-c3cnn(-c4ccc5cn[nH]c5c4)c3)cnc2c1. The summed E-state index contributed by atoms with van der Waals surface area (Å²) in [4.78, 5) is 9.12. The van der Waals surface area contributed by atoms with E-state index in [1.165, 1.54) is 0 Å². The Hall–Kier alpha value is -3.54. The van der Waals surface area contributed by atoms with Crippen molar-refractivity contribution >= 4 is 21.9 Å². The van der Waals surface area contributed by atoms with Gasteiger partial charge in [0.05, 0.1) is 46.5 Å². The molecule has 0 radical (unpaired) electrons. The largest absolute Gasteiger partial charge is 0.278 e. The summed E-state index contributed by atoms with van der Waals surface area (Å²) in [5.74, 6) is 0. The molecule has 5 aromatic rings. The maximum atomic E-state index is 4.66. The van der Waals surface area contributed by atoms with E-state index in [0.717, 1.165) is 38.9 Å². The summed E-state index contributed by atoms with van der Waals surface area (Å²) in [6, 6.07) is 13.9. The van der Waals surface area contributed by atoms with E-state index < -0.39 is 0 Å². The molecule has 0 aliphatic heterocycles. The van der Waals surface area contributed by atoms with Crippen LogP contribution in [-0.4, -0.2) is 29.9 Å². The van der Waals surface area contributed by atoms with Crippen molar-refractivity contribution in [3.63, 3.8) is 0 Å². The normalized spacial score (nSPS) is 11.3. The highest BCUT2D eigenvalue weighted by Gasteiger charge is 2.07. The number of aromatic nitrogens is 6. The average molecular weight is 312 g/mol. The van der Waals surface area contributed by atoms with Gasteiger partial charge in [0.25, 0.3) is 0 Å². The number of para-hydroxylation sites is 2. The molecule has 0 amide bonds. The molecule has 0 aliphatic rings. The Kier molecular flexibility index (Phi) is 2.69. The molecule has 0 unspecified atom stereocenters. The molecule has 6 nitrogen and oxygen atoms in total. The Morgan fingerprint density at radius 2 is 1.83 bits per heavy atom. The smallest absolute Gasteiger partial charge is 0.0924 e. The Balaban J connectivity index is 1.57. The summed E-state index contributed by atoms with van der Waals surface area (Å²) in [7, 11) is 0. The topological polar surface area (TPSA) is 72.3 Å². The van der Waals surface area contributed by atoms with Crippen LogP contribution < -0.4 is 0 Å². The summed E-state index contributed by atoms with van der Waals surface area (Å²) >= 11 is 0. The zero-order valence-electron chi connectivity index (χ0n) is 12.6. The van der Waals surface area contributed by atoms with Crippen LogP contribution in [0, 0.1) is 0 Å². The highest BCUT2D eigenvalue weighted by molar-refractivity contribution is 5.80. The molecule has 24 heavy (non-hydrogen) atoms. The molecule has 0 spiro atoms. The highest BCUT2D eigenvalue weighted by Crippen LogP contribution is 2.21. The van der Waals surface area contributed by atoms with Gasteiger partial charge in [0.1, 0.15) is 0 Å². The van der Waals surface area contributed by atoms with Crippen LogP contribution in [0.3, 0.4) is 0 Å². The number of benzene rings is 2. The molecule has 114 valence electrons. The van der Waals surface area contributed by atoms with E-state index in [2.05, 4.69) is 25.3 Å². The lowest BCUT2D eigenvalue weighted by atomic mass is 10.2. The van der Waals surface area contributed by atoms with E-state index in [0.29, 0.717) is 0 Å². The van der Waals surface area contributed by atoms with Gasteiger partial charge in [-0.2, -0.15) is 10.2 Å². The Morgan fingerprint density at radius 3 is 2.79 bits per heavy atom. The van der Waals surface area contributed by atoms with Crippen molar-refractivity contribution in [1.82, 2.24) is 29.9 Å². The van der Waals surface area contributed by atoms with Crippen LogP contribution in [-0.2, 0) is 0 Å². The van der Waals surface area contributed by atoms with E-state index in [1.54, 1.807) is 18.6 Å². The number of aromatic amines is 1. The number of hydrogen-bond acceptors (Lipinski definition) is 4. The van der Waals surface area contributed by atoms with Crippen LogP contribution in [0.25, 0.3) is 38.9 Å². The molecule has 0 saturated heterocycles. The quantitative estimate of drug-likeness (QED) is 0.542. The van der Waals surface area contributed by atoms with E-state index >= 15 is 0 Å². The molecule has 5 rings (SSSR count). The van der Waals surface area contributed by atoms with E-state index in [1.807, 2.05) is 53.3 Å². The summed E-state index contributed by atoms with van der Waals surface area (Å²) in [5.41, 5.74) is 5.45. The number of nitrogens with one attached hydrogen (secondary N) is 1. The second-order valence-corrected chi connectivity index (χ2v) is 5.56. The molecule has 0 saturated carbocycles. The predicted molar refractivity (Wildman–Crippen MR) is 91.7 cm³/mol. The third kappa shape index (κ3) is 2.04. The minimum Gasteiger partial charge on any atom is -0.278 e. The third-order valence-corrected chi connectivity index (χ3v) is 4.02. The molecule has 3 heterocycles. The van der Waals surface area contributed by atoms with Crippen LogP contribution in [0.15, 0.2) is 67.3 Å². The molecule has 6 heteroatoms. The second kappa shape index (κ2) is 4.99. The second-order valence-electron chi connectivity index (χ2n) is 5.56. The number of nitrogens with zero attached hydrogens (tertiary/aromatic N) is 5. The van der Waals surface area contributed by atoms with Gasteiger partial charge >= 0.3 is 0 Å². The highest BCUT2D eigenvalue weighted by atomic mass is 15.3. The summed E-state index contributed by atoms with van der Waals surface area (Å²) < 4.78 is 1.83. The van der Waals surface area contributed by atoms with Crippen molar-refractivity contribution in [1.29, 1.82) is 0 Å². The molecule has 3 aromatic heterocycles. The van der Waals surface area contributed by atoms with Gasteiger partial charge < -0.3 is 0 Å². The number of fused-ring (bicyclic) bond motifs is 2. The first-order valence-corrected chi connectivity index (χ1v) is 7.57. The van der Waals surface area contributed by atoms with Gasteiger partial charge in [-0.05, 0) is 30.3 Å². The lowest BCUT2D eigenvalue weighted by Gasteiger charge is -2.01. The van der Waals surface area contributed by atoms with Crippen molar-refractivity contribution in [2.75, 3.05) is 0 Å². The summed E-state index contributed by atoms with van der Waals surface area (Å²) in [5, 5.41) is 12.5. The predicted octanol–water partition coefficient (Wildman–Crippen LogP) is 3.36. The fourth-order valence-electron chi connectivity index (χ4n) is 2.76. The maximum Gasteiger partial charge on any atom is 0.0924 e. The molecule has 0 aliphatic carbocycles. The van der Waals surface area contributed by atoms with Gasteiger partial charge in [-0.15, -0.1) is 0 Å². The molecular weight excluding hydrogens is 300 g/mol. The summed E-state index contributed by atoms with van der Waals surface area (Å²) in [6.45, 7) is 0. The fraction of sp³-hybridized carbons (Fsp3) is 0. The van der Waals surface area contributed by atoms with E-state index in [9.17, 15) is 0 Å². The standard InChI is InChI=1S/C18H12N6/c1-2-4-16-15(3-1)19-10-18(22-16)13-9-21-24(11-13)14-6-5-12-8-20-23-17(12)7-14/h1-11H,(H,20,23). The number of hydrogen-bond donors (Lipinski definition) is 1. The van der Waals surface area contributed by atoms with Crippen LogP contribution in [0.2, 0.25) is 0 Å². The number of rotatable bonds is 2. The number of H-pyrrole nitrogens is 1. The summed E-state index contributed by atoms with van der Waals surface area (Å²) in [6.07, 6.45) is 7.34. The first-order valence-electron chi connectivity index (χ1n) is 7.57. The van der Waals surface area contributed by atoms with Gasteiger partial charge in [0.15, 0.2) is 0 Å². The Labute approximate surface area is 136 Å². The molecule has 0 fully saturated rings. The van der Waals surface area contributed by atoms with Gasteiger partial charge in [0, 0.05) is 17.1 Å². The van der Waals surface area contributed by atoms with Crippen molar-refractivity contribution in [2.24, 2.45) is 0 Å². The van der Waals surface area contributed by atoms with Gasteiger partial charge in [-0.3, -0.25) is 10.1 Å². The monoisotopic (exact) mass is 312 g/mol. The lowest BCUT2D eigenvalue weighted by molar-refractivity contribution is 0.881. The minimum absolute atomic E-state index is 0.808. The zero-order chi connectivity index (χ0) is 15.9. The first-order chi connectivity index (χ1) is 11.9. The molecule has 0 atom stereocenters. The van der Waals surface area contributed by atoms with Gasteiger partial charge in [-0.1, -0.05) is 12.1 Å². The maximum absolute atomic E-state index is 4.66. The molecule has 1 N–H and O–H groups in total. The van der Waals surface area contributed by atoms with Crippen LogP contribution in [0.1, 0.15) is 0 Å². The van der Waals surface area contributed by atoms with Crippen molar-refractivity contribution in [3.05, 3.63) is 67.3 Å². The Morgan fingerprint density at radius 1 is 0.917 bits per heavy atom. The first kappa shape index (κ1) is 13.0. The van der Waals surface area contributed by atoms with Gasteiger partial charge in [-0.25, -0.2) is 9.67 Å². The minimum atomic E-state index is 0.808. The lowest BCUT2D eigenvalue weighted by Crippen LogP contribution is -1.93. The van der Waals surface area contributed by atoms with Crippen molar-refractivity contribution in [2.45, 2.75) is 0 Å². The zero-order valence-corrected chi connectivity index (χ0v) is 12.6. The third-order valence-electron chi connectivity index (χ3n) is 4.02. The van der Waals surface area contributed by atoms with E-state index in [4.69, 9.17) is 0 Å².